The molecule has 0 aliphatic rings. The van der Waals surface area contributed by atoms with Gasteiger partial charge in [-0.25, -0.2) is 4.79 Å². The fourth-order valence-corrected chi connectivity index (χ4v) is 2.78. The van der Waals surface area contributed by atoms with Gasteiger partial charge in [0.15, 0.2) is 11.5 Å². The van der Waals surface area contributed by atoms with Crippen LogP contribution in [-0.2, 0) is 18.4 Å². The zero-order valence-electron chi connectivity index (χ0n) is 15.5. The summed E-state index contributed by atoms with van der Waals surface area (Å²) in [6.07, 6.45) is 1.36. The highest BCUT2D eigenvalue weighted by Crippen LogP contribution is 2.23. The molecule has 0 fully saturated rings. The average molecular weight is 404 g/mol. The predicted octanol–water partition coefficient (Wildman–Crippen LogP) is 3.59. The lowest BCUT2D eigenvalue weighted by atomic mass is 10.2. The topological polar surface area (TPSA) is 95.6 Å². The van der Waals surface area contributed by atoms with E-state index in [0.717, 1.165) is 5.56 Å². The third kappa shape index (κ3) is 4.17. The second-order valence-electron chi connectivity index (χ2n) is 5.94. The Morgan fingerprint density at radius 1 is 1.29 bits per heavy atom. The summed E-state index contributed by atoms with van der Waals surface area (Å²) in [5.74, 6) is 0.0871. The van der Waals surface area contributed by atoms with Crippen LogP contribution in [-0.4, -0.2) is 28.8 Å². The van der Waals surface area contributed by atoms with Gasteiger partial charge < -0.3 is 19.2 Å². The minimum atomic E-state index is -0.609. The number of amides is 1. The first kappa shape index (κ1) is 19.5. The first-order chi connectivity index (χ1) is 13.4. The van der Waals surface area contributed by atoms with Crippen LogP contribution in [0.1, 0.15) is 32.4 Å². The summed E-state index contributed by atoms with van der Waals surface area (Å²) in [5, 5.41) is 7.18. The number of halogens is 1. The van der Waals surface area contributed by atoms with Crippen molar-refractivity contribution in [3.63, 3.8) is 0 Å². The number of ether oxygens (including phenoxy) is 2. The third-order valence-corrected chi connectivity index (χ3v) is 4.19. The quantitative estimate of drug-likeness (QED) is 0.632. The van der Waals surface area contributed by atoms with E-state index >= 15 is 0 Å². The smallest absolute Gasteiger partial charge is 0.358 e. The molecule has 0 aliphatic carbocycles. The molecule has 3 aromatic rings. The van der Waals surface area contributed by atoms with Gasteiger partial charge in [-0.15, -0.1) is 0 Å². The van der Waals surface area contributed by atoms with E-state index in [1.54, 1.807) is 31.3 Å². The highest BCUT2D eigenvalue weighted by Gasteiger charge is 2.21. The van der Waals surface area contributed by atoms with Crippen LogP contribution in [0.2, 0.25) is 5.02 Å². The van der Waals surface area contributed by atoms with Crippen LogP contribution in [0.15, 0.2) is 40.9 Å². The zero-order chi connectivity index (χ0) is 20.3. The van der Waals surface area contributed by atoms with E-state index < -0.39 is 11.9 Å². The van der Waals surface area contributed by atoms with Gasteiger partial charge in [-0.05, 0) is 42.8 Å². The number of hydrogen-bond donors (Lipinski definition) is 1. The molecule has 146 valence electrons. The van der Waals surface area contributed by atoms with Gasteiger partial charge in [0.25, 0.3) is 5.91 Å². The van der Waals surface area contributed by atoms with Gasteiger partial charge in [-0.2, -0.15) is 5.10 Å². The molecule has 0 aliphatic heterocycles. The number of aromatic nitrogens is 2. The molecular weight excluding hydrogens is 386 g/mol. The summed E-state index contributed by atoms with van der Waals surface area (Å²) >= 11 is 5.93. The molecule has 1 aromatic carbocycles. The molecule has 2 heterocycles. The molecular formula is C19H18ClN3O5. The van der Waals surface area contributed by atoms with E-state index in [4.69, 9.17) is 25.5 Å². The largest absolute Gasteiger partial charge is 0.485 e. The Hall–Kier alpha value is -3.26. The van der Waals surface area contributed by atoms with Gasteiger partial charge in [-0.1, -0.05) is 11.6 Å². The molecule has 2 aromatic heterocycles. The Morgan fingerprint density at radius 3 is 2.79 bits per heavy atom. The third-order valence-electron chi connectivity index (χ3n) is 3.96. The number of furan rings is 1. The number of benzene rings is 1. The summed E-state index contributed by atoms with van der Waals surface area (Å²) in [4.78, 5) is 24.2. The minimum absolute atomic E-state index is 0.0751. The van der Waals surface area contributed by atoms with Crippen molar-refractivity contribution in [3.8, 4) is 5.75 Å². The zero-order valence-corrected chi connectivity index (χ0v) is 16.2. The average Bonchev–Trinajstić information content (AvgIpc) is 3.27. The number of rotatable bonds is 6. The number of anilines is 1. The monoisotopic (exact) mass is 403 g/mol. The van der Waals surface area contributed by atoms with Gasteiger partial charge in [0, 0.05) is 12.1 Å². The van der Waals surface area contributed by atoms with Crippen molar-refractivity contribution in [3.05, 3.63) is 64.3 Å². The molecule has 3 rings (SSSR count). The van der Waals surface area contributed by atoms with E-state index in [-0.39, 0.29) is 23.7 Å². The van der Waals surface area contributed by atoms with Crippen molar-refractivity contribution in [2.45, 2.75) is 13.5 Å². The molecule has 1 N–H and O–H groups in total. The maximum Gasteiger partial charge on any atom is 0.358 e. The van der Waals surface area contributed by atoms with E-state index in [1.807, 2.05) is 6.92 Å². The number of aryl methyl sites for hydroxylation is 2. The van der Waals surface area contributed by atoms with Crippen molar-refractivity contribution in [1.29, 1.82) is 0 Å². The molecule has 0 saturated carbocycles. The molecule has 9 heteroatoms. The van der Waals surface area contributed by atoms with E-state index in [2.05, 4.69) is 10.4 Å². The standard InChI is InChI=1S/C19H18ClN3O5/c1-11-8-12(20)4-6-15(11)27-10-13-5-7-16(28-13)18(24)22-14-9-21-23(2)17(14)19(25)26-3/h4-9H,10H2,1-3H3,(H,22,24). The molecule has 0 unspecified atom stereocenters. The van der Waals surface area contributed by atoms with Crippen molar-refractivity contribution >= 4 is 29.2 Å². The summed E-state index contributed by atoms with van der Waals surface area (Å²) in [6.45, 7) is 2.03. The summed E-state index contributed by atoms with van der Waals surface area (Å²) < 4.78 is 17.2. The van der Waals surface area contributed by atoms with Crippen LogP contribution in [0.3, 0.4) is 0 Å². The summed E-state index contributed by atoms with van der Waals surface area (Å²) in [5.41, 5.74) is 1.25. The highest BCUT2D eigenvalue weighted by molar-refractivity contribution is 6.30. The molecule has 28 heavy (non-hydrogen) atoms. The van der Waals surface area contributed by atoms with Crippen molar-refractivity contribution in [1.82, 2.24) is 9.78 Å². The van der Waals surface area contributed by atoms with Crippen molar-refractivity contribution in [2.75, 3.05) is 12.4 Å². The van der Waals surface area contributed by atoms with Crippen molar-refractivity contribution < 1.29 is 23.5 Å². The van der Waals surface area contributed by atoms with Crippen LogP contribution < -0.4 is 10.1 Å². The lowest BCUT2D eigenvalue weighted by Crippen LogP contribution is -2.16. The van der Waals surface area contributed by atoms with E-state index in [9.17, 15) is 9.59 Å². The molecule has 0 bridgehead atoms. The van der Waals surface area contributed by atoms with Crippen LogP contribution in [0.25, 0.3) is 0 Å². The molecule has 1 amide bonds. The van der Waals surface area contributed by atoms with Gasteiger partial charge in [-0.3, -0.25) is 9.48 Å². The second-order valence-corrected chi connectivity index (χ2v) is 6.38. The first-order valence-corrected chi connectivity index (χ1v) is 8.66. The molecule has 8 nitrogen and oxygen atoms in total. The Morgan fingerprint density at radius 2 is 2.07 bits per heavy atom. The van der Waals surface area contributed by atoms with Crippen LogP contribution in [0.5, 0.6) is 5.75 Å². The summed E-state index contributed by atoms with van der Waals surface area (Å²) in [6, 6.07) is 8.47. The summed E-state index contributed by atoms with van der Waals surface area (Å²) in [7, 11) is 2.82. The SMILES string of the molecule is COC(=O)c1c(NC(=O)c2ccc(COc3ccc(Cl)cc3C)o2)cnn1C. The number of methoxy groups -OCH3 is 1. The molecule has 0 spiro atoms. The van der Waals surface area contributed by atoms with Crippen LogP contribution >= 0.6 is 11.6 Å². The normalized spacial score (nSPS) is 10.6. The van der Waals surface area contributed by atoms with Crippen LogP contribution in [0, 0.1) is 6.92 Å². The lowest BCUT2D eigenvalue weighted by molar-refractivity contribution is 0.0589. The lowest BCUT2D eigenvalue weighted by Gasteiger charge is -2.08. The molecule has 0 saturated heterocycles. The fourth-order valence-electron chi connectivity index (χ4n) is 2.55. The van der Waals surface area contributed by atoms with Crippen LogP contribution in [0.4, 0.5) is 5.69 Å². The number of esters is 1. The van der Waals surface area contributed by atoms with Gasteiger partial charge in [0.1, 0.15) is 18.1 Å². The maximum atomic E-state index is 12.4. The maximum absolute atomic E-state index is 12.4. The minimum Gasteiger partial charge on any atom is -0.485 e. The van der Waals surface area contributed by atoms with E-state index in [1.165, 1.54) is 24.1 Å². The van der Waals surface area contributed by atoms with Crippen molar-refractivity contribution in [2.24, 2.45) is 7.05 Å². The number of nitrogens with one attached hydrogen (secondary N) is 1. The van der Waals surface area contributed by atoms with Gasteiger partial charge >= 0.3 is 5.97 Å². The Labute approximate surface area is 166 Å². The first-order valence-electron chi connectivity index (χ1n) is 8.28. The number of carbonyl (C=O) groups excluding carboxylic acids is 2. The number of carbonyl (C=O) groups is 2. The fraction of sp³-hybridized carbons (Fsp3) is 0.211. The Balaban J connectivity index is 1.67. The predicted molar refractivity (Wildman–Crippen MR) is 102 cm³/mol. The second kappa shape index (κ2) is 8.18. The molecule has 0 radical (unpaired) electrons. The van der Waals surface area contributed by atoms with E-state index in [0.29, 0.717) is 16.5 Å². The molecule has 0 atom stereocenters. The number of hydrogen-bond acceptors (Lipinski definition) is 6. The van der Waals surface area contributed by atoms with Gasteiger partial charge in [0.05, 0.1) is 19.0 Å². The Bertz CT molecular complexity index is 1020. The Kier molecular flexibility index (Phi) is 5.70. The van der Waals surface area contributed by atoms with Gasteiger partial charge in [0.2, 0.25) is 0 Å². The number of nitrogens with zero attached hydrogens (tertiary/aromatic N) is 2. The highest BCUT2D eigenvalue weighted by atomic mass is 35.5.